The van der Waals surface area contributed by atoms with Crippen molar-refractivity contribution in [1.29, 1.82) is 0 Å². The minimum atomic E-state index is -0.641. The molecule has 0 saturated carbocycles. The van der Waals surface area contributed by atoms with E-state index < -0.39 is 5.72 Å². The SMILES string of the molecule is CC(C)(C)N1OC(c2ccccc2)(N2CCOCC2)c2cc(Br)ccc21. The van der Waals surface area contributed by atoms with E-state index in [1.165, 1.54) is 5.56 Å². The second-order valence-corrected chi connectivity index (χ2v) is 8.74. The molecule has 5 heteroatoms. The summed E-state index contributed by atoms with van der Waals surface area (Å²) in [6.07, 6.45) is 0. The number of hydrogen-bond donors (Lipinski definition) is 0. The number of rotatable bonds is 2. The molecule has 4 nitrogen and oxygen atoms in total. The van der Waals surface area contributed by atoms with Gasteiger partial charge in [0.1, 0.15) is 0 Å². The van der Waals surface area contributed by atoms with Gasteiger partial charge in [-0.2, -0.15) is 0 Å². The van der Waals surface area contributed by atoms with E-state index in [1.807, 2.05) is 0 Å². The number of halogens is 1. The maximum Gasteiger partial charge on any atom is 0.203 e. The molecule has 138 valence electrons. The molecule has 0 bridgehead atoms. The fourth-order valence-corrected chi connectivity index (χ4v) is 4.21. The highest BCUT2D eigenvalue weighted by Gasteiger charge is 2.53. The molecule has 0 spiro atoms. The van der Waals surface area contributed by atoms with E-state index in [9.17, 15) is 0 Å². The predicted octanol–water partition coefficient (Wildman–Crippen LogP) is 4.53. The van der Waals surface area contributed by atoms with Crippen LogP contribution in [0.25, 0.3) is 0 Å². The predicted molar refractivity (Wildman–Crippen MR) is 107 cm³/mol. The molecule has 0 amide bonds. The monoisotopic (exact) mass is 416 g/mol. The number of hydrogen-bond acceptors (Lipinski definition) is 4. The van der Waals surface area contributed by atoms with Crippen LogP contribution in [0.5, 0.6) is 0 Å². The fraction of sp³-hybridized carbons (Fsp3) is 0.429. The van der Waals surface area contributed by atoms with E-state index in [-0.39, 0.29) is 5.54 Å². The zero-order valence-corrected chi connectivity index (χ0v) is 17.1. The summed E-state index contributed by atoms with van der Waals surface area (Å²) in [7, 11) is 0. The Kier molecular flexibility index (Phi) is 4.59. The summed E-state index contributed by atoms with van der Waals surface area (Å²) >= 11 is 3.67. The van der Waals surface area contributed by atoms with Crippen LogP contribution < -0.4 is 5.06 Å². The molecule has 1 saturated heterocycles. The standard InChI is InChI=1S/C21H25BrN2O2/c1-20(2,3)24-19-10-9-17(22)15-18(19)21(26-24,16-7-5-4-6-8-16)23-11-13-25-14-12-23/h4-10,15H,11-14H2,1-3H3. The Labute approximate surface area is 163 Å². The molecule has 1 atom stereocenters. The van der Waals surface area contributed by atoms with Crippen LogP contribution in [-0.4, -0.2) is 36.7 Å². The number of benzene rings is 2. The molecule has 0 aliphatic carbocycles. The lowest BCUT2D eigenvalue weighted by Crippen LogP contribution is -2.54. The second kappa shape index (κ2) is 6.64. The smallest absolute Gasteiger partial charge is 0.203 e. The van der Waals surface area contributed by atoms with Crippen LogP contribution in [0.3, 0.4) is 0 Å². The first-order valence-electron chi connectivity index (χ1n) is 9.11. The Balaban J connectivity index is 1.95. The summed E-state index contributed by atoms with van der Waals surface area (Å²) in [5.41, 5.74) is 2.64. The van der Waals surface area contributed by atoms with Crippen molar-refractivity contribution in [1.82, 2.24) is 4.90 Å². The second-order valence-electron chi connectivity index (χ2n) is 7.83. The molecule has 2 aliphatic rings. The van der Waals surface area contributed by atoms with Crippen molar-refractivity contribution in [3.63, 3.8) is 0 Å². The summed E-state index contributed by atoms with van der Waals surface area (Å²) < 4.78 is 6.69. The topological polar surface area (TPSA) is 24.9 Å². The van der Waals surface area contributed by atoms with Crippen LogP contribution >= 0.6 is 15.9 Å². The van der Waals surface area contributed by atoms with Gasteiger partial charge < -0.3 is 4.74 Å². The van der Waals surface area contributed by atoms with E-state index in [4.69, 9.17) is 9.57 Å². The first-order valence-corrected chi connectivity index (χ1v) is 9.90. The summed E-state index contributed by atoms with van der Waals surface area (Å²) in [6.45, 7) is 9.64. The average Bonchev–Trinajstić information content (AvgIpc) is 2.99. The van der Waals surface area contributed by atoms with Gasteiger partial charge in [0.05, 0.1) is 24.4 Å². The summed E-state index contributed by atoms with van der Waals surface area (Å²) in [4.78, 5) is 9.25. The molecule has 26 heavy (non-hydrogen) atoms. The number of morpholine rings is 1. The van der Waals surface area contributed by atoms with Gasteiger partial charge >= 0.3 is 0 Å². The molecule has 2 aliphatic heterocycles. The maximum atomic E-state index is 6.85. The van der Waals surface area contributed by atoms with Crippen molar-refractivity contribution in [3.05, 3.63) is 64.1 Å². The highest BCUT2D eigenvalue weighted by molar-refractivity contribution is 9.10. The molecule has 2 aromatic rings. The molecule has 2 heterocycles. The molecule has 0 N–H and O–H groups in total. The molecule has 1 unspecified atom stereocenters. The van der Waals surface area contributed by atoms with Gasteiger partial charge in [0.25, 0.3) is 0 Å². The maximum absolute atomic E-state index is 6.85. The van der Waals surface area contributed by atoms with E-state index in [0.717, 1.165) is 42.0 Å². The third-order valence-corrected chi connectivity index (χ3v) is 5.49. The van der Waals surface area contributed by atoms with Crippen molar-refractivity contribution in [2.24, 2.45) is 0 Å². The molecule has 1 fully saturated rings. The number of ether oxygens (including phenoxy) is 1. The van der Waals surface area contributed by atoms with Crippen LogP contribution in [0.1, 0.15) is 31.9 Å². The highest BCUT2D eigenvalue weighted by atomic mass is 79.9. The van der Waals surface area contributed by atoms with Crippen LogP contribution in [0.4, 0.5) is 5.69 Å². The van der Waals surface area contributed by atoms with Gasteiger partial charge in [-0.1, -0.05) is 46.3 Å². The third-order valence-electron chi connectivity index (χ3n) is 5.00. The first kappa shape index (κ1) is 18.0. The van der Waals surface area contributed by atoms with Crippen molar-refractivity contribution in [2.45, 2.75) is 32.0 Å². The lowest BCUT2D eigenvalue weighted by Gasteiger charge is -2.44. The Morgan fingerprint density at radius 3 is 2.35 bits per heavy atom. The van der Waals surface area contributed by atoms with Crippen molar-refractivity contribution < 1.29 is 9.57 Å². The number of fused-ring (bicyclic) bond motifs is 1. The fourth-order valence-electron chi connectivity index (χ4n) is 3.85. The van der Waals surface area contributed by atoms with Gasteiger partial charge in [-0.3, -0.25) is 4.90 Å². The number of nitrogens with zero attached hydrogens (tertiary/aromatic N) is 2. The van der Waals surface area contributed by atoms with E-state index >= 15 is 0 Å². The third kappa shape index (κ3) is 2.87. The normalized spacial score (nSPS) is 23.9. The van der Waals surface area contributed by atoms with E-state index in [1.54, 1.807) is 0 Å². The molecule has 2 aromatic carbocycles. The minimum Gasteiger partial charge on any atom is -0.379 e. The highest BCUT2D eigenvalue weighted by Crippen LogP contribution is 2.51. The summed E-state index contributed by atoms with van der Waals surface area (Å²) in [5.74, 6) is 0. The van der Waals surface area contributed by atoms with Crippen LogP contribution in [0, 0.1) is 0 Å². The zero-order chi connectivity index (χ0) is 18.4. The lowest BCUT2D eigenvalue weighted by molar-refractivity contribution is -0.163. The Morgan fingerprint density at radius 2 is 1.69 bits per heavy atom. The lowest BCUT2D eigenvalue weighted by atomic mass is 9.91. The summed E-state index contributed by atoms with van der Waals surface area (Å²) in [6, 6.07) is 17.0. The Morgan fingerprint density at radius 1 is 1.00 bits per heavy atom. The molecular formula is C21H25BrN2O2. The first-order chi connectivity index (χ1) is 12.4. The van der Waals surface area contributed by atoms with Gasteiger partial charge in [-0.05, 0) is 39.0 Å². The minimum absolute atomic E-state index is 0.161. The molecule has 0 radical (unpaired) electrons. The van der Waals surface area contributed by atoms with Gasteiger partial charge in [0, 0.05) is 28.7 Å². The van der Waals surface area contributed by atoms with E-state index in [2.05, 4.69) is 95.2 Å². The number of hydroxylamine groups is 1. The average molecular weight is 417 g/mol. The van der Waals surface area contributed by atoms with Gasteiger partial charge in [0.15, 0.2) is 0 Å². The van der Waals surface area contributed by atoms with E-state index in [0.29, 0.717) is 0 Å². The zero-order valence-electron chi connectivity index (χ0n) is 15.5. The summed E-state index contributed by atoms with van der Waals surface area (Å²) in [5, 5.41) is 2.07. The van der Waals surface area contributed by atoms with Gasteiger partial charge in [-0.25, -0.2) is 9.90 Å². The van der Waals surface area contributed by atoms with Gasteiger partial charge in [0.2, 0.25) is 5.72 Å². The van der Waals surface area contributed by atoms with Crippen molar-refractivity contribution in [2.75, 3.05) is 31.4 Å². The van der Waals surface area contributed by atoms with Crippen molar-refractivity contribution in [3.8, 4) is 0 Å². The quantitative estimate of drug-likeness (QED) is 0.717. The Bertz CT molecular complexity index is 784. The molecule has 0 aromatic heterocycles. The largest absolute Gasteiger partial charge is 0.379 e. The van der Waals surface area contributed by atoms with Crippen molar-refractivity contribution >= 4 is 21.6 Å². The molecule has 4 rings (SSSR count). The van der Waals surface area contributed by atoms with Crippen LogP contribution in [0.15, 0.2) is 53.0 Å². The number of anilines is 1. The Hall–Kier alpha value is -1.40. The van der Waals surface area contributed by atoms with Crippen LogP contribution in [0.2, 0.25) is 0 Å². The molecular weight excluding hydrogens is 392 g/mol. The van der Waals surface area contributed by atoms with Gasteiger partial charge in [-0.15, -0.1) is 0 Å². The van der Waals surface area contributed by atoms with Crippen LogP contribution in [-0.2, 0) is 15.3 Å².